The molecule has 0 aliphatic rings. The molecule has 2 rings (SSSR count). The van der Waals surface area contributed by atoms with E-state index in [-0.39, 0.29) is 12.4 Å². The van der Waals surface area contributed by atoms with E-state index in [1.165, 1.54) is 16.7 Å². The lowest BCUT2D eigenvalue weighted by molar-refractivity contribution is -0.442. The van der Waals surface area contributed by atoms with Gasteiger partial charge in [-0.25, -0.2) is 0 Å². The highest BCUT2D eigenvalue weighted by atomic mass is 35.5. The highest BCUT2D eigenvalue weighted by molar-refractivity contribution is 5.63. The molecule has 0 radical (unpaired) electrons. The summed E-state index contributed by atoms with van der Waals surface area (Å²) in [6.07, 6.45) is 1.03. The van der Waals surface area contributed by atoms with Crippen LogP contribution in [0.4, 0.5) is 0 Å². The second-order valence-electron chi connectivity index (χ2n) is 3.81. The summed E-state index contributed by atoms with van der Waals surface area (Å²) in [6.45, 7) is 0.921. The fourth-order valence-corrected chi connectivity index (χ4v) is 1.73. The predicted molar refractivity (Wildman–Crippen MR) is 66.5 cm³/mol. The lowest BCUT2D eigenvalue weighted by Crippen LogP contribution is -3.00. The summed E-state index contributed by atoms with van der Waals surface area (Å²) in [5, 5.41) is 0. The molecule has 2 aromatic carbocycles. The van der Waals surface area contributed by atoms with E-state index in [0.29, 0.717) is 0 Å². The van der Waals surface area contributed by atoms with Crippen LogP contribution in [0.3, 0.4) is 0 Å². The quantitative estimate of drug-likeness (QED) is 0.646. The lowest BCUT2D eigenvalue weighted by Gasteiger charge is -2.03. The number of halogens is 1. The normalized spacial score (nSPS) is 9.71. The summed E-state index contributed by atoms with van der Waals surface area (Å²) in [4.78, 5) is 0. The summed E-state index contributed by atoms with van der Waals surface area (Å²) in [5.74, 6) is 3.62. The van der Waals surface area contributed by atoms with Crippen molar-refractivity contribution in [3.8, 4) is 11.1 Å². The highest BCUT2D eigenvalue weighted by Crippen LogP contribution is 2.19. The second kappa shape index (κ2) is 7.07. The van der Waals surface area contributed by atoms with Gasteiger partial charge < -0.3 is 12.4 Å². The van der Waals surface area contributed by atoms with Crippen LogP contribution in [0.2, 0.25) is 0 Å². The summed E-state index contributed by atoms with van der Waals surface area (Å²) in [7, 11) is 0. The first-order valence-electron chi connectivity index (χ1n) is 5.54. The zero-order chi connectivity index (χ0) is 11.2. The number of hydrogen-bond donors (Lipinski definition) is 2. The van der Waals surface area contributed by atoms with Crippen molar-refractivity contribution in [2.75, 3.05) is 6.54 Å². The molecular weight excluding hydrogens is 232 g/mol. The third kappa shape index (κ3) is 3.86. The molecule has 0 aliphatic heterocycles. The van der Waals surface area contributed by atoms with Crippen LogP contribution in [0, 0.1) is 0 Å². The summed E-state index contributed by atoms with van der Waals surface area (Å²) in [5.41, 5.74) is 6.79. The summed E-state index contributed by atoms with van der Waals surface area (Å²) >= 11 is 0. The summed E-state index contributed by atoms with van der Waals surface area (Å²) < 4.78 is 0. The highest BCUT2D eigenvalue weighted by Gasteiger charge is 1.97. The molecule has 4 N–H and O–H groups in total. The van der Waals surface area contributed by atoms with Crippen LogP contribution in [0.15, 0.2) is 54.6 Å². The largest absolute Gasteiger partial charge is 1.00 e. The molecule has 2 aromatic rings. The molecule has 17 heavy (non-hydrogen) atoms. The van der Waals surface area contributed by atoms with Crippen LogP contribution in [-0.2, 0) is 6.42 Å². The molecule has 2 nitrogen and oxygen atoms in total. The smallest absolute Gasteiger partial charge is 0.0483 e. The van der Waals surface area contributed by atoms with Crippen LogP contribution >= 0.6 is 0 Å². The Morgan fingerprint density at radius 2 is 1.41 bits per heavy atom. The molecule has 0 saturated heterocycles. The van der Waals surface area contributed by atoms with Gasteiger partial charge in [-0.2, -0.15) is 5.43 Å². The molecule has 0 aliphatic carbocycles. The van der Waals surface area contributed by atoms with E-state index in [0.717, 1.165) is 13.0 Å². The molecule has 0 bridgehead atoms. The molecule has 0 unspecified atom stereocenters. The lowest BCUT2D eigenvalue weighted by atomic mass is 10.0. The van der Waals surface area contributed by atoms with Crippen molar-refractivity contribution in [2.24, 2.45) is 0 Å². The minimum absolute atomic E-state index is 0. The molecular formula is C14H17ClN2. The van der Waals surface area contributed by atoms with Gasteiger partial charge in [0.1, 0.15) is 0 Å². The zero-order valence-electron chi connectivity index (χ0n) is 9.70. The Morgan fingerprint density at radius 1 is 0.824 bits per heavy atom. The Bertz CT molecular complexity index is 426. The maximum atomic E-state index is 3.62. The molecule has 0 amide bonds. The van der Waals surface area contributed by atoms with Crippen molar-refractivity contribution in [1.29, 1.82) is 0 Å². The van der Waals surface area contributed by atoms with Gasteiger partial charge in [-0.15, -0.1) is 0 Å². The monoisotopic (exact) mass is 248 g/mol. The van der Waals surface area contributed by atoms with Crippen molar-refractivity contribution >= 4 is 0 Å². The van der Waals surface area contributed by atoms with Gasteiger partial charge in [0.25, 0.3) is 0 Å². The summed E-state index contributed by atoms with van der Waals surface area (Å²) in [6, 6.07) is 19.1. The average molecular weight is 249 g/mol. The minimum atomic E-state index is 0. The van der Waals surface area contributed by atoms with Gasteiger partial charge in [0.2, 0.25) is 0 Å². The number of nitrogens with one attached hydrogen (secondary N) is 1. The van der Waals surface area contributed by atoms with Crippen molar-refractivity contribution in [3.63, 3.8) is 0 Å². The SMILES string of the molecule is [Cl-].[NH3+]NCCc1ccc(-c2ccccc2)cc1. The van der Waals surface area contributed by atoms with Crippen molar-refractivity contribution in [2.45, 2.75) is 6.42 Å². The van der Waals surface area contributed by atoms with Gasteiger partial charge in [0.05, 0.1) is 0 Å². The number of quaternary nitrogens is 1. The molecule has 0 atom stereocenters. The maximum absolute atomic E-state index is 3.62. The first-order valence-corrected chi connectivity index (χ1v) is 5.54. The Kier molecular flexibility index (Phi) is 5.70. The Morgan fingerprint density at radius 3 is 2.00 bits per heavy atom. The van der Waals surface area contributed by atoms with Crippen molar-refractivity contribution in [3.05, 3.63) is 60.2 Å². The van der Waals surface area contributed by atoms with Crippen LogP contribution in [0.25, 0.3) is 11.1 Å². The molecule has 0 fully saturated rings. The first-order chi connectivity index (χ1) is 7.90. The van der Waals surface area contributed by atoms with Gasteiger partial charge in [-0.1, -0.05) is 54.6 Å². The Balaban J connectivity index is 0.00000144. The van der Waals surface area contributed by atoms with Crippen molar-refractivity contribution in [1.82, 2.24) is 5.43 Å². The van der Waals surface area contributed by atoms with Crippen LogP contribution in [-0.4, -0.2) is 6.54 Å². The van der Waals surface area contributed by atoms with E-state index in [4.69, 9.17) is 0 Å². The standard InChI is InChI=1S/C14H16N2.ClH/c15-16-11-10-12-6-8-14(9-7-12)13-4-2-1-3-5-13;/h1-9,16H,10-11,15H2;1H. The fraction of sp³-hybridized carbons (Fsp3) is 0.143. The molecule has 0 spiro atoms. The maximum Gasteiger partial charge on any atom is 0.0483 e. The topological polar surface area (TPSA) is 39.7 Å². The minimum Gasteiger partial charge on any atom is -1.00 e. The molecule has 0 heterocycles. The van der Waals surface area contributed by atoms with Crippen LogP contribution in [0.1, 0.15) is 5.56 Å². The molecule has 3 heteroatoms. The van der Waals surface area contributed by atoms with E-state index >= 15 is 0 Å². The van der Waals surface area contributed by atoms with Gasteiger partial charge in [0.15, 0.2) is 0 Å². The van der Waals surface area contributed by atoms with Crippen LogP contribution in [0.5, 0.6) is 0 Å². The third-order valence-electron chi connectivity index (χ3n) is 2.65. The van der Waals surface area contributed by atoms with E-state index in [9.17, 15) is 0 Å². The first kappa shape index (κ1) is 13.7. The van der Waals surface area contributed by atoms with Gasteiger partial charge in [-0.3, -0.25) is 5.84 Å². The van der Waals surface area contributed by atoms with E-state index < -0.39 is 0 Å². The average Bonchev–Trinajstić information content (AvgIpc) is 2.38. The Hall–Kier alpha value is -1.35. The third-order valence-corrected chi connectivity index (χ3v) is 2.65. The fourth-order valence-electron chi connectivity index (χ4n) is 1.73. The zero-order valence-corrected chi connectivity index (χ0v) is 10.5. The number of rotatable bonds is 4. The van der Waals surface area contributed by atoms with E-state index in [1.807, 2.05) is 6.07 Å². The predicted octanol–water partition coefficient (Wildman–Crippen LogP) is -1.35. The molecule has 0 aromatic heterocycles. The van der Waals surface area contributed by atoms with Crippen LogP contribution < -0.4 is 23.7 Å². The van der Waals surface area contributed by atoms with Gasteiger partial charge >= 0.3 is 0 Å². The van der Waals surface area contributed by atoms with Gasteiger partial charge in [0, 0.05) is 6.54 Å². The van der Waals surface area contributed by atoms with E-state index in [1.54, 1.807) is 0 Å². The molecule has 90 valence electrons. The molecule has 0 saturated carbocycles. The van der Waals surface area contributed by atoms with Crippen molar-refractivity contribution < 1.29 is 18.2 Å². The van der Waals surface area contributed by atoms with E-state index in [2.05, 4.69) is 59.8 Å². The number of hydrogen-bond acceptors (Lipinski definition) is 1. The second-order valence-corrected chi connectivity index (χ2v) is 3.81. The van der Waals surface area contributed by atoms with Gasteiger partial charge in [-0.05, 0) is 23.1 Å². The Labute approximate surface area is 108 Å². The number of benzene rings is 2.